The number of hydrogen-bond acceptors (Lipinski definition) is 1. The first-order valence-electron chi connectivity index (χ1n) is 8.72. The van der Waals surface area contributed by atoms with Gasteiger partial charge < -0.3 is 4.74 Å². The van der Waals surface area contributed by atoms with E-state index in [0.29, 0.717) is 24.0 Å². The summed E-state index contributed by atoms with van der Waals surface area (Å²) in [6.07, 6.45) is 6.84. The van der Waals surface area contributed by atoms with Gasteiger partial charge in [-0.25, -0.2) is 4.39 Å². The van der Waals surface area contributed by atoms with E-state index in [9.17, 15) is 4.39 Å². The lowest BCUT2D eigenvalue weighted by Gasteiger charge is -2.28. The van der Waals surface area contributed by atoms with Gasteiger partial charge in [0, 0.05) is 12.7 Å². The molecule has 0 heterocycles. The second-order valence-electron chi connectivity index (χ2n) is 6.67. The highest BCUT2D eigenvalue weighted by atomic mass is 19.1. The molecule has 2 aromatic rings. The SMILES string of the molecule is C=C[C@H]1CC[C@H](c2ccccc2-c2ccc(COC)c(F)c2)CC1. The van der Waals surface area contributed by atoms with Crippen LogP contribution < -0.4 is 0 Å². The molecule has 126 valence electrons. The van der Waals surface area contributed by atoms with E-state index in [2.05, 4.69) is 30.9 Å². The standard InChI is InChI=1S/C22H25FO/c1-3-16-8-10-17(11-9-16)20-6-4-5-7-21(20)18-12-13-19(15-24-2)22(23)14-18/h3-7,12-14,16-17H,1,8-11,15H2,2H3/t16-,17-. The minimum atomic E-state index is -0.195. The Morgan fingerprint density at radius 3 is 2.54 bits per heavy atom. The van der Waals surface area contributed by atoms with Crippen molar-refractivity contribution in [1.82, 2.24) is 0 Å². The maximum Gasteiger partial charge on any atom is 0.129 e. The predicted molar refractivity (Wildman–Crippen MR) is 97.4 cm³/mol. The van der Waals surface area contributed by atoms with Crippen molar-refractivity contribution in [3.63, 3.8) is 0 Å². The third kappa shape index (κ3) is 3.59. The third-order valence-corrected chi connectivity index (χ3v) is 5.17. The topological polar surface area (TPSA) is 9.23 Å². The Morgan fingerprint density at radius 1 is 1.12 bits per heavy atom. The Kier molecular flexibility index (Phi) is 5.47. The van der Waals surface area contributed by atoms with Crippen LogP contribution in [0, 0.1) is 11.7 Å². The van der Waals surface area contributed by atoms with Crippen LogP contribution in [0.15, 0.2) is 55.1 Å². The number of methoxy groups -OCH3 is 1. The van der Waals surface area contributed by atoms with Gasteiger partial charge in [0.15, 0.2) is 0 Å². The molecule has 2 heteroatoms. The largest absolute Gasteiger partial charge is 0.380 e. The molecular weight excluding hydrogens is 299 g/mol. The summed E-state index contributed by atoms with van der Waals surface area (Å²) in [7, 11) is 1.59. The van der Waals surface area contributed by atoms with E-state index in [1.807, 2.05) is 18.2 Å². The van der Waals surface area contributed by atoms with Gasteiger partial charge >= 0.3 is 0 Å². The second-order valence-corrected chi connectivity index (χ2v) is 6.67. The van der Waals surface area contributed by atoms with Crippen molar-refractivity contribution in [3.8, 4) is 11.1 Å². The van der Waals surface area contributed by atoms with E-state index in [1.54, 1.807) is 13.2 Å². The maximum atomic E-state index is 14.3. The first-order valence-corrected chi connectivity index (χ1v) is 8.72. The predicted octanol–water partition coefficient (Wildman–Crippen LogP) is 6.10. The number of benzene rings is 2. The molecule has 0 bridgehead atoms. The number of ether oxygens (including phenoxy) is 1. The molecule has 24 heavy (non-hydrogen) atoms. The van der Waals surface area contributed by atoms with Gasteiger partial charge in [-0.2, -0.15) is 0 Å². The molecule has 3 rings (SSSR count). The van der Waals surface area contributed by atoms with Gasteiger partial charge in [0.25, 0.3) is 0 Å². The molecule has 1 fully saturated rings. The molecule has 0 atom stereocenters. The average molecular weight is 324 g/mol. The molecule has 1 saturated carbocycles. The third-order valence-electron chi connectivity index (χ3n) is 5.17. The minimum Gasteiger partial charge on any atom is -0.380 e. The van der Waals surface area contributed by atoms with Crippen molar-refractivity contribution in [2.75, 3.05) is 7.11 Å². The summed E-state index contributed by atoms with van der Waals surface area (Å²) in [6, 6.07) is 13.9. The van der Waals surface area contributed by atoms with Crippen molar-refractivity contribution < 1.29 is 9.13 Å². The fraction of sp³-hybridized carbons (Fsp3) is 0.364. The van der Waals surface area contributed by atoms with Crippen LogP contribution >= 0.6 is 0 Å². The molecular formula is C22H25FO. The van der Waals surface area contributed by atoms with Crippen LogP contribution in [0.4, 0.5) is 4.39 Å². The Morgan fingerprint density at radius 2 is 1.88 bits per heavy atom. The Balaban J connectivity index is 1.89. The van der Waals surface area contributed by atoms with Crippen LogP contribution in [-0.2, 0) is 11.3 Å². The smallest absolute Gasteiger partial charge is 0.129 e. The van der Waals surface area contributed by atoms with Crippen molar-refractivity contribution in [2.45, 2.75) is 38.2 Å². The van der Waals surface area contributed by atoms with E-state index in [-0.39, 0.29) is 5.82 Å². The number of allylic oxidation sites excluding steroid dienone is 1. The number of hydrogen-bond donors (Lipinski definition) is 0. The lowest BCUT2D eigenvalue weighted by atomic mass is 9.77. The molecule has 2 aromatic carbocycles. The van der Waals surface area contributed by atoms with Crippen molar-refractivity contribution in [2.24, 2.45) is 5.92 Å². The van der Waals surface area contributed by atoms with E-state index >= 15 is 0 Å². The maximum absolute atomic E-state index is 14.3. The lowest BCUT2D eigenvalue weighted by molar-refractivity contribution is 0.181. The highest BCUT2D eigenvalue weighted by molar-refractivity contribution is 5.68. The molecule has 1 nitrogen and oxygen atoms in total. The lowest BCUT2D eigenvalue weighted by Crippen LogP contribution is -2.12. The van der Waals surface area contributed by atoms with Crippen molar-refractivity contribution in [1.29, 1.82) is 0 Å². The Bertz CT molecular complexity index is 699. The number of halogens is 1. The Hall–Kier alpha value is -1.93. The molecule has 1 aliphatic carbocycles. The van der Waals surface area contributed by atoms with Crippen LogP contribution in [0.25, 0.3) is 11.1 Å². The van der Waals surface area contributed by atoms with Gasteiger partial charge in [-0.15, -0.1) is 6.58 Å². The van der Waals surface area contributed by atoms with Gasteiger partial charge in [-0.05, 0) is 60.3 Å². The zero-order chi connectivity index (χ0) is 16.9. The summed E-state index contributed by atoms with van der Waals surface area (Å²) in [5.41, 5.74) is 4.06. The molecule has 0 aromatic heterocycles. The summed E-state index contributed by atoms with van der Waals surface area (Å²) in [4.78, 5) is 0. The van der Waals surface area contributed by atoms with Crippen LogP contribution in [0.5, 0.6) is 0 Å². The molecule has 0 saturated heterocycles. The molecule has 0 radical (unpaired) electrons. The zero-order valence-corrected chi connectivity index (χ0v) is 14.3. The summed E-state index contributed by atoms with van der Waals surface area (Å²) >= 11 is 0. The first kappa shape index (κ1) is 16.9. The van der Waals surface area contributed by atoms with E-state index in [1.165, 1.54) is 31.2 Å². The van der Waals surface area contributed by atoms with Crippen LogP contribution in [-0.4, -0.2) is 7.11 Å². The monoisotopic (exact) mass is 324 g/mol. The summed E-state index contributed by atoms with van der Waals surface area (Å²) in [5.74, 6) is 1.01. The van der Waals surface area contributed by atoms with Crippen molar-refractivity contribution >= 4 is 0 Å². The summed E-state index contributed by atoms with van der Waals surface area (Å²) < 4.78 is 19.3. The second kappa shape index (κ2) is 7.76. The quantitative estimate of drug-likeness (QED) is 0.604. The van der Waals surface area contributed by atoms with E-state index in [4.69, 9.17) is 4.74 Å². The van der Waals surface area contributed by atoms with Crippen LogP contribution in [0.3, 0.4) is 0 Å². The highest BCUT2D eigenvalue weighted by Crippen LogP contribution is 2.40. The highest BCUT2D eigenvalue weighted by Gasteiger charge is 2.23. The average Bonchev–Trinajstić information content (AvgIpc) is 2.64. The Labute approximate surface area is 144 Å². The zero-order valence-electron chi connectivity index (χ0n) is 14.3. The molecule has 0 N–H and O–H groups in total. The summed E-state index contributed by atoms with van der Waals surface area (Å²) in [5, 5.41) is 0. The van der Waals surface area contributed by atoms with Gasteiger partial charge in [-0.3, -0.25) is 0 Å². The van der Waals surface area contributed by atoms with Gasteiger partial charge in [0.2, 0.25) is 0 Å². The van der Waals surface area contributed by atoms with Crippen LogP contribution in [0.1, 0.15) is 42.7 Å². The van der Waals surface area contributed by atoms with Gasteiger partial charge in [-0.1, -0.05) is 42.5 Å². The molecule has 0 aliphatic heterocycles. The van der Waals surface area contributed by atoms with E-state index < -0.39 is 0 Å². The molecule has 1 aliphatic rings. The van der Waals surface area contributed by atoms with Crippen LogP contribution in [0.2, 0.25) is 0 Å². The number of rotatable bonds is 5. The molecule has 0 amide bonds. The van der Waals surface area contributed by atoms with E-state index in [0.717, 1.165) is 11.1 Å². The van der Waals surface area contributed by atoms with Gasteiger partial charge in [0.1, 0.15) is 5.82 Å². The normalized spacial score (nSPS) is 20.8. The molecule has 0 spiro atoms. The fourth-order valence-corrected chi connectivity index (χ4v) is 3.77. The molecule has 0 unspecified atom stereocenters. The minimum absolute atomic E-state index is 0.195. The first-order chi connectivity index (χ1) is 11.7. The van der Waals surface area contributed by atoms with Crippen molar-refractivity contribution in [3.05, 3.63) is 72.1 Å². The van der Waals surface area contributed by atoms with Gasteiger partial charge in [0.05, 0.1) is 6.61 Å². The summed E-state index contributed by atoms with van der Waals surface area (Å²) in [6.45, 7) is 4.23. The fourth-order valence-electron chi connectivity index (χ4n) is 3.77.